The second-order valence-electron chi connectivity index (χ2n) is 7.87. The number of ketones is 1. The molecule has 4 rings (SSSR count). The fourth-order valence-electron chi connectivity index (χ4n) is 3.56. The van der Waals surface area contributed by atoms with E-state index < -0.39 is 5.41 Å². The fourth-order valence-corrected chi connectivity index (χ4v) is 3.82. The van der Waals surface area contributed by atoms with Gasteiger partial charge in [0.05, 0.1) is 21.7 Å². The molecule has 1 fully saturated rings. The largest absolute Gasteiger partial charge is 0.352 e. The first-order valence-corrected chi connectivity index (χ1v) is 10.5. The predicted molar refractivity (Wildman–Crippen MR) is 120 cm³/mol. The number of hydrogen-bond donors (Lipinski definition) is 1. The summed E-state index contributed by atoms with van der Waals surface area (Å²) in [7, 11) is 1.96. The van der Waals surface area contributed by atoms with Gasteiger partial charge in [-0.15, -0.1) is 0 Å². The van der Waals surface area contributed by atoms with Crippen molar-refractivity contribution in [3.05, 3.63) is 83.4 Å². The molecule has 1 aromatic heterocycles. The smallest absolute Gasteiger partial charge is 0.226 e. The molecule has 6 nitrogen and oxygen atoms in total. The van der Waals surface area contributed by atoms with Crippen molar-refractivity contribution in [3.63, 3.8) is 0 Å². The van der Waals surface area contributed by atoms with Crippen LogP contribution in [-0.4, -0.2) is 28.7 Å². The van der Waals surface area contributed by atoms with E-state index in [-0.39, 0.29) is 18.1 Å². The molecule has 3 aromatic rings. The molecule has 0 aliphatic heterocycles. The summed E-state index contributed by atoms with van der Waals surface area (Å²) < 4.78 is 0. The number of halogens is 1. The lowest BCUT2D eigenvalue weighted by atomic mass is 9.95. The van der Waals surface area contributed by atoms with Crippen LogP contribution in [0.3, 0.4) is 0 Å². The van der Waals surface area contributed by atoms with Crippen molar-refractivity contribution in [3.8, 4) is 0 Å². The van der Waals surface area contributed by atoms with Gasteiger partial charge < -0.3 is 10.2 Å². The quantitative estimate of drug-likeness (QED) is 0.526. The highest BCUT2D eigenvalue weighted by Gasteiger charge is 2.50. The minimum atomic E-state index is -0.600. The molecule has 1 saturated carbocycles. The normalized spacial score (nSPS) is 14.0. The Kier molecular flexibility index (Phi) is 6.00. The lowest BCUT2D eigenvalue weighted by molar-refractivity contribution is -0.126. The second kappa shape index (κ2) is 8.86. The van der Waals surface area contributed by atoms with Crippen molar-refractivity contribution in [2.24, 2.45) is 5.41 Å². The summed E-state index contributed by atoms with van der Waals surface area (Å²) in [5.74, 6) is -0.171. The first kappa shape index (κ1) is 21.0. The van der Waals surface area contributed by atoms with E-state index in [9.17, 15) is 9.59 Å². The number of aromatic nitrogens is 2. The van der Waals surface area contributed by atoms with Crippen LogP contribution in [0, 0.1) is 5.41 Å². The Labute approximate surface area is 186 Å². The Balaban J connectivity index is 1.34. The highest BCUT2D eigenvalue weighted by atomic mass is 35.5. The van der Waals surface area contributed by atoms with Crippen LogP contribution in [0.5, 0.6) is 0 Å². The van der Waals surface area contributed by atoms with Gasteiger partial charge >= 0.3 is 0 Å². The zero-order valence-corrected chi connectivity index (χ0v) is 18.0. The van der Waals surface area contributed by atoms with Crippen LogP contribution in [-0.2, 0) is 11.3 Å². The lowest BCUT2D eigenvalue weighted by Crippen LogP contribution is -2.33. The molecule has 158 valence electrons. The van der Waals surface area contributed by atoms with E-state index in [1.165, 1.54) is 18.7 Å². The molecule has 1 amide bonds. The van der Waals surface area contributed by atoms with E-state index in [1.807, 2.05) is 60.5 Å². The van der Waals surface area contributed by atoms with Crippen LogP contribution < -0.4 is 10.2 Å². The molecule has 1 heterocycles. The summed E-state index contributed by atoms with van der Waals surface area (Å²) in [6, 6.07) is 15.6. The number of nitrogens with one attached hydrogen (secondary N) is 1. The molecular formula is C24H23ClN4O2. The van der Waals surface area contributed by atoms with Crippen LogP contribution in [0.15, 0.2) is 67.3 Å². The maximum Gasteiger partial charge on any atom is 0.226 e. The average molecular weight is 435 g/mol. The van der Waals surface area contributed by atoms with Gasteiger partial charge in [-0.25, -0.2) is 9.97 Å². The van der Waals surface area contributed by atoms with Gasteiger partial charge in [0.1, 0.15) is 6.33 Å². The second-order valence-corrected chi connectivity index (χ2v) is 8.27. The van der Waals surface area contributed by atoms with Gasteiger partial charge in [0.15, 0.2) is 5.78 Å². The molecule has 1 aliphatic carbocycles. The number of carbonyl (C=O) groups excluding carboxylic acids is 2. The van der Waals surface area contributed by atoms with Crippen molar-refractivity contribution in [2.75, 3.05) is 11.9 Å². The van der Waals surface area contributed by atoms with Gasteiger partial charge in [-0.3, -0.25) is 9.59 Å². The number of Topliss-reactive ketones (excluding diaryl/α,β-unsaturated/α-hetero) is 1. The minimum absolute atomic E-state index is 0.0741. The Bertz CT molecular complexity index is 1080. The number of nitrogens with zero attached hydrogens (tertiary/aromatic N) is 3. The predicted octanol–water partition coefficient (Wildman–Crippen LogP) is 4.57. The van der Waals surface area contributed by atoms with Crippen LogP contribution >= 0.6 is 11.6 Å². The van der Waals surface area contributed by atoms with Gasteiger partial charge in [-0.1, -0.05) is 35.9 Å². The third-order valence-electron chi connectivity index (χ3n) is 5.71. The minimum Gasteiger partial charge on any atom is -0.352 e. The molecule has 0 atom stereocenters. The Morgan fingerprint density at radius 1 is 1.06 bits per heavy atom. The number of benzene rings is 2. The fraction of sp³-hybridized carbons (Fsp3) is 0.250. The summed E-state index contributed by atoms with van der Waals surface area (Å²) in [5.41, 5.74) is 2.76. The highest BCUT2D eigenvalue weighted by molar-refractivity contribution is 6.33. The molecule has 0 spiro atoms. The average Bonchev–Trinajstić information content (AvgIpc) is 3.59. The van der Waals surface area contributed by atoms with E-state index in [0.717, 1.165) is 29.8 Å². The number of rotatable bonds is 8. The zero-order chi connectivity index (χ0) is 21.8. The number of amides is 1. The van der Waals surface area contributed by atoms with Gasteiger partial charge in [0.2, 0.25) is 5.91 Å². The zero-order valence-electron chi connectivity index (χ0n) is 17.2. The third kappa shape index (κ3) is 4.75. The summed E-state index contributed by atoms with van der Waals surface area (Å²) in [6.45, 7) is 0.416. The standard InChI is InChI=1S/C24H23ClN4O2/c1-29(21-5-3-2-4-20(21)25)19-8-6-17(7-9-19)13-28-23(31)24(10-11-24)12-22(30)18-14-26-16-27-15-18/h2-9,14-16H,10-13H2,1H3,(H,28,31). The first-order valence-electron chi connectivity index (χ1n) is 10.1. The van der Waals surface area contributed by atoms with E-state index >= 15 is 0 Å². The van der Waals surface area contributed by atoms with Crippen molar-refractivity contribution in [1.82, 2.24) is 15.3 Å². The van der Waals surface area contributed by atoms with Crippen LogP contribution in [0.1, 0.15) is 35.2 Å². The molecule has 0 saturated heterocycles. The molecule has 1 N–H and O–H groups in total. The molecule has 0 unspecified atom stereocenters. The van der Waals surface area contributed by atoms with Crippen molar-refractivity contribution >= 4 is 34.7 Å². The SMILES string of the molecule is CN(c1ccc(CNC(=O)C2(CC(=O)c3cncnc3)CC2)cc1)c1ccccc1Cl. The molecule has 0 bridgehead atoms. The summed E-state index contributed by atoms with van der Waals surface area (Å²) in [6.07, 6.45) is 6.00. The van der Waals surface area contributed by atoms with E-state index in [1.54, 1.807) is 0 Å². The summed E-state index contributed by atoms with van der Waals surface area (Å²) in [4.78, 5) is 35.0. The van der Waals surface area contributed by atoms with Gasteiger partial charge in [-0.2, -0.15) is 0 Å². The lowest BCUT2D eigenvalue weighted by Gasteiger charge is -2.21. The number of para-hydroxylation sites is 1. The molecule has 1 aliphatic rings. The van der Waals surface area contributed by atoms with Gasteiger partial charge in [0, 0.05) is 38.1 Å². The maximum atomic E-state index is 12.7. The van der Waals surface area contributed by atoms with Crippen molar-refractivity contribution < 1.29 is 9.59 Å². The molecule has 7 heteroatoms. The number of hydrogen-bond acceptors (Lipinski definition) is 5. The Hall–Kier alpha value is -3.25. The van der Waals surface area contributed by atoms with E-state index in [4.69, 9.17) is 11.6 Å². The monoisotopic (exact) mass is 434 g/mol. The maximum absolute atomic E-state index is 12.7. The molecule has 31 heavy (non-hydrogen) atoms. The number of anilines is 2. The third-order valence-corrected chi connectivity index (χ3v) is 6.03. The van der Waals surface area contributed by atoms with Crippen LogP contribution in [0.4, 0.5) is 11.4 Å². The molecule has 2 aromatic carbocycles. The van der Waals surface area contributed by atoms with Gasteiger partial charge in [-0.05, 0) is 42.7 Å². The first-order chi connectivity index (χ1) is 15.0. The van der Waals surface area contributed by atoms with Crippen molar-refractivity contribution in [2.45, 2.75) is 25.8 Å². The van der Waals surface area contributed by atoms with Crippen LogP contribution in [0.25, 0.3) is 0 Å². The number of carbonyl (C=O) groups is 2. The Morgan fingerprint density at radius 2 is 1.74 bits per heavy atom. The van der Waals surface area contributed by atoms with E-state index in [0.29, 0.717) is 17.1 Å². The van der Waals surface area contributed by atoms with Gasteiger partial charge in [0.25, 0.3) is 0 Å². The summed E-state index contributed by atoms with van der Waals surface area (Å²) >= 11 is 6.29. The topological polar surface area (TPSA) is 75.2 Å². The van der Waals surface area contributed by atoms with Crippen molar-refractivity contribution in [1.29, 1.82) is 0 Å². The Morgan fingerprint density at radius 3 is 2.39 bits per heavy atom. The van der Waals surface area contributed by atoms with Crippen LogP contribution in [0.2, 0.25) is 5.02 Å². The van der Waals surface area contributed by atoms with E-state index in [2.05, 4.69) is 15.3 Å². The molecular weight excluding hydrogens is 412 g/mol. The molecule has 0 radical (unpaired) electrons. The summed E-state index contributed by atoms with van der Waals surface area (Å²) in [5, 5.41) is 3.68. The highest BCUT2D eigenvalue weighted by Crippen LogP contribution is 2.49.